The first-order valence-electron chi connectivity index (χ1n) is 7.04. The summed E-state index contributed by atoms with van der Waals surface area (Å²) in [7, 11) is 0. The number of aryl methyl sites for hydroxylation is 1. The fraction of sp³-hybridized carbons (Fsp3) is 0.133. The van der Waals surface area contributed by atoms with Gasteiger partial charge in [-0.2, -0.15) is 9.90 Å². The fourth-order valence-corrected chi connectivity index (χ4v) is 2.47. The van der Waals surface area contributed by atoms with Gasteiger partial charge in [0.2, 0.25) is 11.0 Å². The average molecular weight is 326 g/mol. The molecular formula is C15H14N6OS. The van der Waals surface area contributed by atoms with E-state index in [1.165, 1.54) is 22.2 Å². The summed E-state index contributed by atoms with van der Waals surface area (Å²) in [6.07, 6.45) is 5.39. The minimum atomic E-state index is -0.280. The van der Waals surface area contributed by atoms with E-state index in [0.29, 0.717) is 10.8 Å². The number of nitrogens with zero attached hydrogens (tertiary/aromatic N) is 5. The van der Waals surface area contributed by atoms with Gasteiger partial charge >= 0.3 is 0 Å². The van der Waals surface area contributed by atoms with E-state index in [4.69, 9.17) is 0 Å². The highest BCUT2D eigenvalue weighted by Crippen LogP contribution is 2.15. The summed E-state index contributed by atoms with van der Waals surface area (Å²) in [6, 6.07) is 9.56. The van der Waals surface area contributed by atoms with Crippen molar-refractivity contribution in [1.82, 2.24) is 25.2 Å². The number of amides is 1. The summed E-state index contributed by atoms with van der Waals surface area (Å²) < 4.78 is 0. The third-order valence-corrected chi connectivity index (χ3v) is 3.88. The topological polar surface area (TPSA) is 85.6 Å². The Morgan fingerprint density at radius 3 is 2.87 bits per heavy atom. The lowest BCUT2D eigenvalue weighted by atomic mass is 10.3. The highest BCUT2D eigenvalue weighted by Gasteiger charge is 2.05. The maximum atomic E-state index is 11.8. The summed E-state index contributed by atoms with van der Waals surface area (Å²) >= 11 is 1.36. The number of nitrogens with one attached hydrogen (secondary N) is 1. The van der Waals surface area contributed by atoms with Gasteiger partial charge in [0, 0.05) is 6.08 Å². The van der Waals surface area contributed by atoms with Crippen LogP contribution in [-0.2, 0) is 11.2 Å². The van der Waals surface area contributed by atoms with Gasteiger partial charge in [0.25, 0.3) is 0 Å². The van der Waals surface area contributed by atoms with Gasteiger partial charge in [-0.3, -0.25) is 10.1 Å². The van der Waals surface area contributed by atoms with Crippen molar-refractivity contribution in [3.8, 4) is 5.69 Å². The number of aromatic nitrogens is 5. The van der Waals surface area contributed by atoms with Crippen molar-refractivity contribution < 1.29 is 4.79 Å². The Morgan fingerprint density at radius 1 is 1.30 bits per heavy atom. The molecule has 0 saturated heterocycles. The first-order valence-corrected chi connectivity index (χ1v) is 7.85. The molecule has 2 heterocycles. The standard InChI is InChI=1S/C15H14N6OS/c1-2-14-18-19-15(23-14)17-13(22)9-8-11-10-16-21(20-11)12-6-4-3-5-7-12/h3-10H,2H2,1H3,(H,17,19,22). The number of carbonyl (C=O) groups excluding carboxylic acids is 1. The highest BCUT2D eigenvalue weighted by molar-refractivity contribution is 7.15. The molecule has 116 valence electrons. The first-order chi connectivity index (χ1) is 11.2. The van der Waals surface area contributed by atoms with Crippen LogP contribution in [0.5, 0.6) is 0 Å². The smallest absolute Gasteiger partial charge is 0.250 e. The molecule has 0 aliphatic carbocycles. The second-order valence-electron chi connectivity index (χ2n) is 4.57. The van der Waals surface area contributed by atoms with E-state index in [1.807, 2.05) is 37.3 Å². The molecule has 0 fully saturated rings. The monoisotopic (exact) mass is 326 g/mol. The quantitative estimate of drug-likeness (QED) is 0.727. The zero-order valence-corrected chi connectivity index (χ0v) is 13.2. The van der Waals surface area contributed by atoms with Crippen LogP contribution < -0.4 is 5.32 Å². The number of hydrogen-bond donors (Lipinski definition) is 1. The van der Waals surface area contributed by atoms with Crippen LogP contribution in [0.3, 0.4) is 0 Å². The van der Waals surface area contributed by atoms with Crippen LogP contribution in [0.4, 0.5) is 5.13 Å². The van der Waals surface area contributed by atoms with Crippen molar-refractivity contribution >= 4 is 28.5 Å². The molecule has 0 aliphatic rings. The van der Waals surface area contributed by atoms with Crippen LogP contribution in [0, 0.1) is 0 Å². The predicted octanol–water partition coefficient (Wildman–Crippen LogP) is 2.33. The van der Waals surface area contributed by atoms with Gasteiger partial charge in [0.05, 0.1) is 11.9 Å². The summed E-state index contributed by atoms with van der Waals surface area (Å²) in [5, 5.41) is 20.3. The number of para-hydroxylation sites is 1. The van der Waals surface area contributed by atoms with Crippen molar-refractivity contribution in [2.45, 2.75) is 13.3 Å². The van der Waals surface area contributed by atoms with Gasteiger partial charge in [-0.1, -0.05) is 36.5 Å². The van der Waals surface area contributed by atoms with Gasteiger partial charge in [-0.05, 0) is 24.6 Å². The summed E-state index contributed by atoms with van der Waals surface area (Å²) in [4.78, 5) is 13.4. The van der Waals surface area contributed by atoms with Crippen molar-refractivity contribution in [1.29, 1.82) is 0 Å². The molecule has 1 aromatic carbocycles. The lowest BCUT2D eigenvalue weighted by Gasteiger charge is -1.96. The average Bonchev–Trinajstić information content (AvgIpc) is 3.23. The molecule has 0 atom stereocenters. The minimum Gasteiger partial charge on any atom is -0.297 e. The highest BCUT2D eigenvalue weighted by atomic mass is 32.1. The van der Waals surface area contributed by atoms with E-state index in [-0.39, 0.29) is 5.91 Å². The van der Waals surface area contributed by atoms with Crippen LogP contribution >= 0.6 is 11.3 Å². The second-order valence-corrected chi connectivity index (χ2v) is 5.63. The van der Waals surface area contributed by atoms with Crippen LogP contribution in [0.15, 0.2) is 42.6 Å². The van der Waals surface area contributed by atoms with Gasteiger partial charge in [-0.25, -0.2) is 0 Å². The lowest BCUT2D eigenvalue weighted by Crippen LogP contribution is -2.07. The Hall–Kier alpha value is -2.87. The van der Waals surface area contributed by atoms with Crippen LogP contribution in [0.25, 0.3) is 11.8 Å². The maximum absolute atomic E-state index is 11.8. The minimum absolute atomic E-state index is 0.280. The Kier molecular flexibility index (Phi) is 4.53. The summed E-state index contributed by atoms with van der Waals surface area (Å²) in [5.74, 6) is -0.280. The van der Waals surface area contributed by atoms with E-state index in [0.717, 1.165) is 17.1 Å². The zero-order chi connectivity index (χ0) is 16.1. The fourth-order valence-electron chi connectivity index (χ4n) is 1.79. The molecule has 0 bridgehead atoms. The number of benzene rings is 1. The van der Waals surface area contributed by atoms with Crippen LogP contribution in [0.1, 0.15) is 17.6 Å². The van der Waals surface area contributed by atoms with Gasteiger partial charge in [0.15, 0.2) is 0 Å². The third-order valence-electron chi connectivity index (χ3n) is 2.90. The Morgan fingerprint density at radius 2 is 2.13 bits per heavy atom. The number of anilines is 1. The van der Waals surface area contributed by atoms with E-state index < -0.39 is 0 Å². The molecule has 1 amide bonds. The van der Waals surface area contributed by atoms with E-state index in [9.17, 15) is 4.79 Å². The Balaban J connectivity index is 1.63. The first kappa shape index (κ1) is 15.0. The van der Waals surface area contributed by atoms with Gasteiger partial charge < -0.3 is 0 Å². The van der Waals surface area contributed by atoms with Crippen molar-refractivity contribution in [2.24, 2.45) is 0 Å². The molecular weight excluding hydrogens is 312 g/mol. The van der Waals surface area contributed by atoms with Crippen molar-refractivity contribution in [3.63, 3.8) is 0 Å². The largest absolute Gasteiger partial charge is 0.297 e. The third kappa shape index (κ3) is 3.86. The van der Waals surface area contributed by atoms with E-state index >= 15 is 0 Å². The summed E-state index contributed by atoms with van der Waals surface area (Å²) in [6.45, 7) is 1.99. The Bertz CT molecular complexity index is 823. The molecule has 3 aromatic rings. The molecule has 2 aromatic heterocycles. The lowest BCUT2D eigenvalue weighted by molar-refractivity contribution is -0.111. The normalized spacial score (nSPS) is 11.0. The molecule has 8 heteroatoms. The molecule has 0 spiro atoms. The van der Waals surface area contributed by atoms with Crippen LogP contribution in [-0.4, -0.2) is 31.1 Å². The molecule has 0 saturated carbocycles. The molecule has 0 unspecified atom stereocenters. The van der Waals surface area contributed by atoms with E-state index in [1.54, 1.807) is 12.3 Å². The van der Waals surface area contributed by atoms with Crippen molar-refractivity contribution in [2.75, 3.05) is 5.32 Å². The second kappa shape index (κ2) is 6.93. The number of carbonyl (C=O) groups is 1. The molecule has 1 N–H and O–H groups in total. The molecule has 3 rings (SSSR count). The van der Waals surface area contributed by atoms with Gasteiger partial charge in [-0.15, -0.1) is 15.3 Å². The maximum Gasteiger partial charge on any atom is 0.250 e. The number of rotatable bonds is 5. The Labute approximate surface area is 136 Å². The number of hydrogen-bond acceptors (Lipinski definition) is 6. The molecule has 7 nitrogen and oxygen atoms in total. The zero-order valence-electron chi connectivity index (χ0n) is 12.4. The predicted molar refractivity (Wildman–Crippen MR) is 88.3 cm³/mol. The molecule has 0 aliphatic heterocycles. The van der Waals surface area contributed by atoms with Gasteiger partial charge in [0.1, 0.15) is 10.7 Å². The SMILES string of the molecule is CCc1nnc(NC(=O)C=Cc2cnn(-c3ccccc3)n2)s1. The van der Waals surface area contributed by atoms with Crippen LogP contribution in [0.2, 0.25) is 0 Å². The molecule has 0 radical (unpaired) electrons. The molecule has 23 heavy (non-hydrogen) atoms. The summed E-state index contributed by atoms with van der Waals surface area (Å²) in [5.41, 5.74) is 1.45. The van der Waals surface area contributed by atoms with Crippen molar-refractivity contribution in [3.05, 3.63) is 53.3 Å². The van der Waals surface area contributed by atoms with E-state index in [2.05, 4.69) is 25.7 Å².